The largest absolute Gasteiger partial charge is 0.474 e. The van der Waals surface area contributed by atoms with E-state index in [1.165, 1.54) is 11.0 Å². The van der Waals surface area contributed by atoms with Gasteiger partial charge in [-0.3, -0.25) is 19.4 Å². The highest BCUT2D eigenvalue weighted by molar-refractivity contribution is 6.30. The lowest BCUT2D eigenvalue weighted by Crippen LogP contribution is -2.51. The number of pyridine rings is 1. The number of benzene rings is 1. The maximum Gasteiger partial charge on any atom is 0.433 e. The van der Waals surface area contributed by atoms with Crippen molar-refractivity contribution in [2.45, 2.75) is 37.6 Å². The first-order valence-electron chi connectivity index (χ1n) is 13.3. The summed E-state index contributed by atoms with van der Waals surface area (Å²) in [6.45, 7) is 0.251. The number of nitrogens with one attached hydrogen (secondary N) is 2. The fourth-order valence-electron chi connectivity index (χ4n) is 4.25. The van der Waals surface area contributed by atoms with Crippen molar-refractivity contribution in [2.75, 3.05) is 19.6 Å². The van der Waals surface area contributed by atoms with E-state index in [2.05, 4.69) is 25.6 Å². The molecule has 2 N–H and O–H groups in total. The Balaban J connectivity index is 1.29. The normalized spacial score (nSPS) is 14.7. The maximum absolute atomic E-state index is 13.1. The number of halogens is 4. The number of hydrogen-bond donors (Lipinski definition) is 2. The molecule has 0 saturated carbocycles. The van der Waals surface area contributed by atoms with Crippen molar-refractivity contribution >= 4 is 35.4 Å². The third-order valence-corrected chi connectivity index (χ3v) is 6.75. The number of alkyl halides is 3. The van der Waals surface area contributed by atoms with Gasteiger partial charge in [-0.2, -0.15) is 13.2 Å². The summed E-state index contributed by atoms with van der Waals surface area (Å²) in [5, 5.41) is 5.82. The first-order chi connectivity index (χ1) is 20.6. The van der Waals surface area contributed by atoms with Crippen LogP contribution in [0, 0.1) is 0 Å². The molecule has 1 aliphatic heterocycles. The molecule has 43 heavy (non-hydrogen) atoms. The van der Waals surface area contributed by atoms with Gasteiger partial charge in [0.1, 0.15) is 18.5 Å². The number of nitrogens with zero attached hydrogens (tertiary/aromatic N) is 4. The van der Waals surface area contributed by atoms with E-state index < -0.39 is 35.8 Å². The zero-order valence-electron chi connectivity index (χ0n) is 22.8. The number of ether oxygens (including phenoxy) is 1. The Morgan fingerprint density at radius 2 is 1.81 bits per heavy atom. The predicted molar refractivity (Wildman–Crippen MR) is 151 cm³/mol. The van der Waals surface area contributed by atoms with Gasteiger partial charge in [0.2, 0.25) is 23.6 Å². The van der Waals surface area contributed by atoms with Crippen molar-refractivity contribution in [3.63, 3.8) is 0 Å². The maximum atomic E-state index is 13.1. The fourth-order valence-corrected chi connectivity index (χ4v) is 4.38. The zero-order valence-corrected chi connectivity index (χ0v) is 23.5. The lowest BCUT2D eigenvalue weighted by molar-refractivity contribution is -0.141. The van der Waals surface area contributed by atoms with E-state index in [9.17, 15) is 27.6 Å². The van der Waals surface area contributed by atoms with Crippen LogP contribution in [0.2, 0.25) is 5.02 Å². The van der Waals surface area contributed by atoms with Gasteiger partial charge >= 0.3 is 6.18 Å². The molecule has 4 rings (SSSR count). The molecule has 1 fully saturated rings. The molecule has 226 valence electrons. The number of likely N-dealkylation sites (tertiary alicyclic amines) is 1. The fraction of sp³-hybridized carbons (Fsp3) is 0.310. The summed E-state index contributed by atoms with van der Waals surface area (Å²) in [5.74, 6) is -1.61. The minimum absolute atomic E-state index is 0.100. The highest BCUT2D eigenvalue weighted by Gasteiger charge is 2.33. The summed E-state index contributed by atoms with van der Waals surface area (Å²) < 4.78 is 44.3. The number of piperidine rings is 1. The average Bonchev–Trinajstić information content (AvgIpc) is 3.00. The Morgan fingerprint density at radius 1 is 1.07 bits per heavy atom. The summed E-state index contributed by atoms with van der Waals surface area (Å²) in [6.07, 6.45) is 1.02. The second kappa shape index (κ2) is 14.6. The Hall–Kier alpha value is -4.52. The molecule has 3 aromatic rings. The minimum atomic E-state index is -4.62. The molecule has 3 heterocycles. The summed E-state index contributed by atoms with van der Waals surface area (Å²) in [4.78, 5) is 51.2. The van der Waals surface area contributed by atoms with Crippen LogP contribution in [0.4, 0.5) is 13.2 Å². The van der Waals surface area contributed by atoms with Crippen LogP contribution in [-0.4, -0.2) is 69.4 Å². The molecule has 0 aliphatic carbocycles. The van der Waals surface area contributed by atoms with Gasteiger partial charge in [0.05, 0.1) is 6.54 Å². The van der Waals surface area contributed by atoms with Crippen LogP contribution in [0.5, 0.6) is 5.88 Å². The molecular formula is C29H28ClF3N6O4. The van der Waals surface area contributed by atoms with Gasteiger partial charge in [0.25, 0.3) is 0 Å². The lowest BCUT2D eigenvalue weighted by atomic mass is 10.1. The van der Waals surface area contributed by atoms with Crippen LogP contribution in [0.3, 0.4) is 0 Å². The molecule has 1 atom stereocenters. The minimum Gasteiger partial charge on any atom is -0.474 e. The molecule has 0 bridgehead atoms. The molecule has 0 spiro atoms. The van der Waals surface area contributed by atoms with Gasteiger partial charge in [0.15, 0.2) is 5.69 Å². The van der Waals surface area contributed by atoms with Crippen molar-refractivity contribution in [3.8, 4) is 5.88 Å². The molecule has 3 amide bonds. The second-order valence-corrected chi connectivity index (χ2v) is 10.1. The van der Waals surface area contributed by atoms with Gasteiger partial charge in [-0.1, -0.05) is 29.8 Å². The summed E-state index contributed by atoms with van der Waals surface area (Å²) in [7, 11) is 0. The molecule has 0 unspecified atom stereocenters. The van der Waals surface area contributed by atoms with E-state index in [4.69, 9.17) is 16.3 Å². The molecule has 10 nitrogen and oxygen atoms in total. The van der Waals surface area contributed by atoms with Crippen molar-refractivity contribution in [1.29, 1.82) is 0 Å². The smallest absolute Gasteiger partial charge is 0.433 e. The van der Waals surface area contributed by atoms with E-state index in [0.29, 0.717) is 23.6 Å². The van der Waals surface area contributed by atoms with E-state index in [0.717, 1.165) is 18.0 Å². The number of hydrogen-bond acceptors (Lipinski definition) is 7. The van der Waals surface area contributed by atoms with Crippen LogP contribution in [-0.2, 0) is 27.0 Å². The van der Waals surface area contributed by atoms with Crippen LogP contribution in [0.1, 0.15) is 29.8 Å². The quantitative estimate of drug-likeness (QED) is 0.334. The standard InChI is InChI=1S/C29H28ClF3N6O4/c30-20-7-4-19(5-8-20)6-9-25(40)38-23(15-21-3-1-2-12-34-21)28(42)35-17-27(41)39-13-10-22(11-14-39)43-26-16-24(29(31,32)33)36-18-37-26/h1-9,12,16,18,22-23H,10-11,13-15,17H2,(H,35,42)(H,38,40)/b9-6+/t23-/m0/s1. The van der Waals surface area contributed by atoms with E-state index >= 15 is 0 Å². The van der Waals surface area contributed by atoms with Crippen LogP contribution in [0.15, 0.2) is 67.1 Å². The first-order valence-corrected chi connectivity index (χ1v) is 13.7. The van der Waals surface area contributed by atoms with Crippen LogP contribution < -0.4 is 15.4 Å². The summed E-state index contributed by atoms with van der Waals surface area (Å²) >= 11 is 5.89. The number of carbonyl (C=O) groups is 3. The number of carbonyl (C=O) groups excluding carboxylic acids is 3. The van der Waals surface area contributed by atoms with E-state index in [1.807, 2.05) is 0 Å². The van der Waals surface area contributed by atoms with Gasteiger partial charge in [0, 0.05) is 61.4 Å². The summed E-state index contributed by atoms with van der Waals surface area (Å²) in [5.41, 5.74) is 0.216. The Morgan fingerprint density at radius 3 is 2.49 bits per heavy atom. The molecular weight excluding hydrogens is 589 g/mol. The Bertz CT molecular complexity index is 1430. The zero-order chi connectivity index (χ0) is 30.8. The topological polar surface area (TPSA) is 126 Å². The van der Waals surface area contributed by atoms with Gasteiger partial charge in [-0.25, -0.2) is 9.97 Å². The number of aromatic nitrogens is 3. The predicted octanol–water partition coefficient (Wildman–Crippen LogP) is 3.47. The monoisotopic (exact) mass is 616 g/mol. The summed E-state index contributed by atoms with van der Waals surface area (Å²) in [6, 6.07) is 11.8. The molecule has 1 saturated heterocycles. The highest BCUT2D eigenvalue weighted by atomic mass is 35.5. The molecule has 2 aromatic heterocycles. The second-order valence-electron chi connectivity index (χ2n) is 9.63. The third kappa shape index (κ3) is 9.77. The SMILES string of the molecule is O=C(/C=C/c1ccc(Cl)cc1)N[C@@H](Cc1ccccn1)C(=O)NCC(=O)N1CCC(Oc2cc(C(F)(F)F)ncn2)CC1. The van der Waals surface area contributed by atoms with Crippen molar-refractivity contribution < 1.29 is 32.3 Å². The van der Waals surface area contributed by atoms with E-state index in [-0.39, 0.29) is 37.8 Å². The van der Waals surface area contributed by atoms with Crippen molar-refractivity contribution in [3.05, 3.63) is 89.1 Å². The molecule has 14 heteroatoms. The lowest BCUT2D eigenvalue weighted by Gasteiger charge is -2.32. The van der Waals surface area contributed by atoms with Gasteiger partial charge in [-0.05, 0) is 35.9 Å². The van der Waals surface area contributed by atoms with Gasteiger partial charge in [-0.15, -0.1) is 0 Å². The van der Waals surface area contributed by atoms with Gasteiger partial charge < -0.3 is 20.3 Å². The molecule has 0 radical (unpaired) electrons. The highest BCUT2D eigenvalue weighted by Crippen LogP contribution is 2.29. The van der Waals surface area contributed by atoms with Crippen molar-refractivity contribution in [2.24, 2.45) is 0 Å². The van der Waals surface area contributed by atoms with Crippen LogP contribution in [0.25, 0.3) is 6.08 Å². The molecule has 1 aliphatic rings. The third-order valence-electron chi connectivity index (χ3n) is 6.50. The van der Waals surface area contributed by atoms with Crippen LogP contribution >= 0.6 is 11.6 Å². The molecule has 1 aromatic carbocycles. The average molecular weight is 617 g/mol. The number of amides is 3. The Labute approximate surface area is 250 Å². The van der Waals surface area contributed by atoms with Crippen molar-refractivity contribution in [1.82, 2.24) is 30.5 Å². The first kappa shape index (κ1) is 31.4. The van der Waals surface area contributed by atoms with E-state index in [1.54, 1.807) is 54.7 Å². The Kier molecular flexibility index (Phi) is 10.7. The number of rotatable bonds is 10.